The zero-order chi connectivity index (χ0) is 10.4. The number of hydrogen-bond donors (Lipinski definition) is 3. The molecule has 0 atom stereocenters. The van der Waals surface area contributed by atoms with E-state index < -0.39 is 18.4 Å². The Balaban J connectivity index is 0. The molecule has 0 amide bonds. The Morgan fingerprint density at radius 2 is 1.75 bits per heavy atom. The van der Waals surface area contributed by atoms with Crippen molar-refractivity contribution in [1.82, 2.24) is 0 Å². The van der Waals surface area contributed by atoms with Gasteiger partial charge in [-0.2, -0.15) is 0 Å². The van der Waals surface area contributed by atoms with Crippen molar-refractivity contribution < 1.29 is 30.0 Å². The fraction of sp³-hybridized carbons (Fsp3) is 0.667. The third-order valence-electron chi connectivity index (χ3n) is 0.469. The van der Waals surface area contributed by atoms with Crippen molar-refractivity contribution in [3.05, 3.63) is 0 Å². The third kappa shape index (κ3) is 16.6. The van der Waals surface area contributed by atoms with Crippen LogP contribution in [0.2, 0.25) is 0 Å². The topological polar surface area (TPSA) is 125 Å². The first-order valence-corrected chi connectivity index (χ1v) is 5.20. The highest BCUT2D eigenvalue weighted by molar-refractivity contribution is 7.51. The minimum Gasteiger partial charge on any atom is -0.547 e. The molecule has 0 saturated carbocycles. The molecule has 0 aliphatic carbocycles. The summed E-state index contributed by atoms with van der Waals surface area (Å²) >= 11 is 9.43. The van der Waals surface area contributed by atoms with Crippen molar-refractivity contribution in [1.29, 1.82) is 0 Å². The van der Waals surface area contributed by atoms with Crippen molar-refractivity contribution in [2.45, 2.75) is 4.84 Å². The summed E-state index contributed by atoms with van der Waals surface area (Å²) in [5.41, 5.74) is 2.99. The maximum absolute atomic E-state index is 9.63. The lowest BCUT2D eigenvalue weighted by atomic mass is 10.8. The molecule has 0 bridgehead atoms. The molecule has 9 heteroatoms. The first-order chi connectivity index (χ1) is 5.20. The number of alkyl halides is 2. The lowest BCUT2D eigenvalue weighted by molar-refractivity contribution is -0.345. The molecule has 0 spiro atoms. The second-order valence-electron chi connectivity index (χ2n) is 1.51. The van der Waals surface area contributed by atoms with E-state index in [1.54, 1.807) is 0 Å². The molecule has 0 rings (SSSR count). The predicted octanol–water partition coefficient (Wildman–Crippen LogP) is -2.10. The minimum absolute atomic E-state index is 0.312. The van der Waals surface area contributed by atoms with Crippen LogP contribution in [-0.4, -0.2) is 26.9 Å². The molecular weight excluding hydrogens is 232 g/mol. The second-order valence-corrected chi connectivity index (χ2v) is 4.38. The summed E-state index contributed by atoms with van der Waals surface area (Å²) in [6, 6.07) is 0. The van der Waals surface area contributed by atoms with E-state index in [0.29, 0.717) is 0 Å². The summed E-state index contributed by atoms with van der Waals surface area (Å²) in [6.45, 7) is 0. The first-order valence-electron chi connectivity index (χ1n) is 2.53. The molecule has 0 aromatic carbocycles. The standard InChI is InChI=1S/C2H2Cl2O2.CH6NO3P/c3-1(4)2(5)6;2-1-6(3,4)5/h1H,(H,5,6);1-2H2,(H2,3,4,5). The average molecular weight is 240 g/mol. The highest BCUT2D eigenvalue weighted by Crippen LogP contribution is 2.29. The van der Waals surface area contributed by atoms with Gasteiger partial charge in [-0.05, 0) is 0 Å². The normalized spacial score (nSPS) is 10.5. The number of carbonyl (C=O) groups is 1. The molecule has 0 fully saturated rings. The maximum Gasteiger partial charge on any atom is 0.379 e. The van der Waals surface area contributed by atoms with Crippen LogP contribution in [0.15, 0.2) is 0 Å². The average Bonchev–Trinajstić information content (AvgIpc) is 1.87. The zero-order valence-corrected chi connectivity index (χ0v) is 8.22. The van der Waals surface area contributed by atoms with Gasteiger partial charge in [-0.15, -0.1) is 0 Å². The first kappa shape index (κ1) is 14.7. The zero-order valence-electron chi connectivity index (χ0n) is 5.81. The molecule has 0 saturated heterocycles. The second kappa shape index (κ2) is 6.65. The van der Waals surface area contributed by atoms with Crippen LogP contribution < -0.4 is 10.8 Å². The molecule has 74 valence electrons. The molecule has 6 nitrogen and oxygen atoms in total. The summed E-state index contributed by atoms with van der Waals surface area (Å²) in [5.74, 6) is -1.46. The van der Waals surface area contributed by atoms with Crippen LogP contribution in [0.3, 0.4) is 0 Å². The quantitative estimate of drug-likeness (QED) is 0.376. The maximum atomic E-state index is 9.63. The Kier molecular flexibility index (Phi) is 8.13. The van der Waals surface area contributed by atoms with Gasteiger partial charge < -0.3 is 25.4 Å². The van der Waals surface area contributed by atoms with Crippen molar-refractivity contribution in [3.8, 4) is 0 Å². The minimum atomic E-state index is -3.76. The third-order valence-corrected chi connectivity index (χ3v) is 1.41. The summed E-state index contributed by atoms with van der Waals surface area (Å²) in [5, 5.41) is 9.32. The number of rotatable bonds is 2. The number of aliphatic carboxylic acids is 1. The molecular formula is C3H8Cl2NO5P. The van der Waals surface area contributed by atoms with Crippen molar-refractivity contribution in [2.75, 3.05) is 6.29 Å². The van der Waals surface area contributed by atoms with Gasteiger partial charge in [0.05, 0.1) is 5.97 Å². The van der Waals surface area contributed by atoms with Gasteiger partial charge in [0, 0.05) is 0 Å². The lowest BCUT2D eigenvalue weighted by Crippen LogP contribution is -2.49. The summed E-state index contributed by atoms with van der Waals surface area (Å²) in [4.78, 5) is 23.7. The number of carboxylic acid groups (broad SMARTS) is 1. The molecule has 0 aromatic heterocycles. The fourth-order valence-corrected chi connectivity index (χ4v) is 0. The van der Waals surface area contributed by atoms with E-state index in [-0.39, 0.29) is 6.29 Å². The molecule has 0 unspecified atom stereocenters. The molecule has 0 aliphatic rings. The van der Waals surface area contributed by atoms with Crippen LogP contribution >= 0.6 is 30.8 Å². The highest BCUT2D eigenvalue weighted by Gasteiger charge is 2.09. The van der Waals surface area contributed by atoms with Crippen LogP contribution in [0, 0.1) is 0 Å². The van der Waals surface area contributed by atoms with Gasteiger partial charge >= 0.3 is 7.60 Å². The summed E-state index contributed by atoms with van der Waals surface area (Å²) in [7, 11) is -3.76. The van der Waals surface area contributed by atoms with Crippen LogP contribution in [0.1, 0.15) is 0 Å². The largest absolute Gasteiger partial charge is 0.547 e. The fourth-order valence-electron chi connectivity index (χ4n) is 0. The van der Waals surface area contributed by atoms with Crippen LogP contribution in [0.4, 0.5) is 0 Å². The smallest absolute Gasteiger partial charge is 0.379 e. The Morgan fingerprint density at radius 1 is 1.58 bits per heavy atom. The van der Waals surface area contributed by atoms with E-state index in [9.17, 15) is 14.5 Å². The van der Waals surface area contributed by atoms with Crippen molar-refractivity contribution in [2.24, 2.45) is 0 Å². The number of halogens is 2. The Hall–Kier alpha value is 0.160. The lowest BCUT2D eigenvalue weighted by Gasteiger charge is -1.96. The van der Waals surface area contributed by atoms with Gasteiger partial charge in [-0.1, -0.05) is 23.2 Å². The summed E-state index contributed by atoms with van der Waals surface area (Å²) < 4.78 is 9.63. The van der Waals surface area contributed by atoms with E-state index in [4.69, 9.17) is 33.0 Å². The number of hydrogen-bond acceptors (Lipinski definition) is 3. The Bertz CT molecular complexity index is 180. The van der Waals surface area contributed by atoms with Gasteiger partial charge in [-0.3, -0.25) is 4.57 Å². The van der Waals surface area contributed by atoms with E-state index in [1.165, 1.54) is 0 Å². The molecule has 0 aromatic rings. The predicted molar refractivity (Wildman–Crippen MR) is 40.3 cm³/mol. The van der Waals surface area contributed by atoms with Crippen LogP contribution in [0.25, 0.3) is 0 Å². The molecule has 12 heavy (non-hydrogen) atoms. The van der Waals surface area contributed by atoms with E-state index >= 15 is 0 Å². The van der Waals surface area contributed by atoms with Crippen molar-refractivity contribution >= 4 is 36.8 Å². The number of quaternary nitrogens is 1. The molecule has 5 N–H and O–H groups in total. The highest BCUT2D eigenvalue weighted by atomic mass is 35.5. The van der Waals surface area contributed by atoms with Crippen LogP contribution in [-0.2, 0) is 9.36 Å². The van der Waals surface area contributed by atoms with E-state index in [2.05, 4.69) is 5.73 Å². The van der Waals surface area contributed by atoms with E-state index in [1.807, 2.05) is 0 Å². The monoisotopic (exact) mass is 239 g/mol. The Morgan fingerprint density at radius 3 is 1.75 bits per heavy atom. The number of carboxylic acids is 1. The van der Waals surface area contributed by atoms with Crippen LogP contribution in [0.5, 0.6) is 0 Å². The van der Waals surface area contributed by atoms with Gasteiger partial charge in [0.25, 0.3) is 0 Å². The molecule has 0 aliphatic heterocycles. The van der Waals surface area contributed by atoms with Gasteiger partial charge in [0.2, 0.25) is 0 Å². The van der Waals surface area contributed by atoms with Crippen molar-refractivity contribution in [3.63, 3.8) is 0 Å². The van der Waals surface area contributed by atoms with Gasteiger partial charge in [0.15, 0.2) is 6.29 Å². The Labute approximate surface area is 78.4 Å². The SMILES string of the molecule is O=C([O-])C(Cl)Cl.[NH3+]CP(=O)(O)O. The van der Waals surface area contributed by atoms with E-state index in [0.717, 1.165) is 0 Å². The molecule has 0 heterocycles. The van der Waals surface area contributed by atoms with Gasteiger partial charge in [-0.25, -0.2) is 0 Å². The number of carbonyl (C=O) groups excluding carboxylic acids is 1. The molecule has 0 radical (unpaired) electrons. The summed E-state index contributed by atoms with van der Waals surface area (Å²) in [6.07, 6.45) is -0.312. The van der Waals surface area contributed by atoms with Gasteiger partial charge in [0.1, 0.15) is 4.84 Å².